The summed E-state index contributed by atoms with van der Waals surface area (Å²) in [5.41, 5.74) is 1.38. The fourth-order valence-corrected chi connectivity index (χ4v) is 1.43. The molecule has 0 saturated carbocycles. The Morgan fingerprint density at radius 1 is 1.55 bits per heavy atom. The summed E-state index contributed by atoms with van der Waals surface area (Å²) in [6.45, 7) is 0. The molecule has 0 atom stereocenters. The largest absolute Gasteiger partial charge is 0.230 e. The fourth-order valence-electron chi connectivity index (χ4n) is 0.669. The molecular formula is C7H4Br2N2. The monoisotopic (exact) mass is 274 g/mol. The molecule has 56 valence electrons. The van der Waals surface area contributed by atoms with Crippen LogP contribution in [0.1, 0.15) is 11.3 Å². The molecule has 0 aliphatic carbocycles. The number of aromatic nitrogens is 1. The Bertz CT molecular complexity index is 304. The van der Waals surface area contributed by atoms with Crippen molar-refractivity contribution in [3.05, 3.63) is 28.0 Å². The highest BCUT2D eigenvalue weighted by molar-refractivity contribution is 9.10. The topological polar surface area (TPSA) is 36.7 Å². The predicted octanol–water partition coefficient (Wildman–Crippen LogP) is 2.61. The molecule has 4 heteroatoms. The van der Waals surface area contributed by atoms with Crippen molar-refractivity contribution in [3.8, 4) is 6.07 Å². The van der Waals surface area contributed by atoms with E-state index in [4.69, 9.17) is 5.26 Å². The zero-order valence-corrected chi connectivity index (χ0v) is 8.68. The number of hydrogen-bond donors (Lipinski definition) is 0. The summed E-state index contributed by atoms with van der Waals surface area (Å²) in [6.07, 6.45) is 0. The molecule has 1 rings (SSSR count). The molecule has 1 aromatic heterocycles. The van der Waals surface area contributed by atoms with Crippen LogP contribution in [0.15, 0.2) is 16.7 Å². The molecule has 0 N–H and O–H groups in total. The Morgan fingerprint density at radius 2 is 2.27 bits per heavy atom. The third-order valence-corrected chi connectivity index (χ3v) is 2.24. The third kappa shape index (κ3) is 2.01. The van der Waals surface area contributed by atoms with E-state index >= 15 is 0 Å². The standard InChI is InChI=1S/C7H4Br2N2/c8-3-5-1-2-7(9)11-6(5)4-10/h1-2H,3H2. The molecule has 0 aliphatic heterocycles. The van der Waals surface area contributed by atoms with Crippen LogP contribution in [0.5, 0.6) is 0 Å². The molecule has 0 amide bonds. The van der Waals surface area contributed by atoms with Gasteiger partial charge in [0.2, 0.25) is 0 Å². The van der Waals surface area contributed by atoms with Crippen LogP contribution in [0.2, 0.25) is 0 Å². The van der Waals surface area contributed by atoms with Crippen molar-refractivity contribution < 1.29 is 0 Å². The number of nitrogens with zero attached hydrogens (tertiary/aromatic N) is 2. The van der Waals surface area contributed by atoms with Crippen LogP contribution >= 0.6 is 31.9 Å². The maximum Gasteiger partial charge on any atom is 0.145 e. The highest BCUT2D eigenvalue weighted by atomic mass is 79.9. The number of pyridine rings is 1. The minimum Gasteiger partial charge on any atom is -0.230 e. The van der Waals surface area contributed by atoms with Crippen LogP contribution in [0.3, 0.4) is 0 Å². The molecule has 11 heavy (non-hydrogen) atoms. The number of nitriles is 1. The number of halogens is 2. The van der Waals surface area contributed by atoms with Gasteiger partial charge in [-0.25, -0.2) is 4.98 Å². The van der Waals surface area contributed by atoms with E-state index in [0.29, 0.717) is 15.6 Å². The normalized spacial score (nSPS) is 9.18. The van der Waals surface area contributed by atoms with Crippen LogP contribution in [0.4, 0.5) is 0 Å². The van der Waals surface area contributed by atoms with Crippen molar-refractivity contribution in [2.75, 3.05) is 0 Å². The summed E-state index contributed by atoms with van der Waals surface area (Å²) in [7, 11) is 0. The van der Waals surface area contributed by atoms with Crippen molar-refractivity contribution in [2.24, 2.45) is 0 Å². The summed E-state index contributed by atoms with van der Waals surface area (Å²) >= 11 is 6.46. The Kier molecular flexibility index (Phi) is 3.03. The van der Waals surface area contributed by atoms with Gasteiger partial charge in [0.15, 0.2) is 0 Å². The first-order valence-corrected chi connectivity index (χ1v) is 4.81. The van der Waals surface area contributed by atoms with Gasteiger partial charge in [-0.1, -0.05) is 22.0 Å². The Labute approximate surface area is 81.5 Å². The minimum absolute atomic E-state index is 0.469. The highest BCUT2D eigenvalue weighted by Gasteiger charge is 2.01. The van der Waals surface area contributed by atoms with Crippen molar-refractivity contribution in [1.29, 1.82) is 5.26 Å². The summed E-state index contributed by atoms with van der Waals surface area (Å²) in [5.74, 6) is 0. The van der Waals surface area contributed by atoms with E-state index in [1.165, 1.54) is 0 Å². The number of alkyl halides is 1. The summed E-state index contributed by atoms with van der Waals surface area (Å²) < 4.78 is 0.693. The van der Waals surface area contributed by atoms with E-state index in [2.05, 4.69) is 36.8 Å². The molecule has 2 nitrogen and oxygen atoms in total. The molecule has 1 heterocycles. The number of hydrogen-bond acceptors (Lipinski definition) is 2. The minimum atomic E-state index is 0.469. The maximum absolute atomic E-state index is 8.62. The molecule has 0 saturated heterocycles. The van der Waals surface area contributed by atoms with E-state index < -0.39 is 0 Å². The van der Waals surface area contributed by atoms with Crippen LogP contribution in [0.25, 0.3) is 0 Å². The second-order valence-corrected chi connectivity index (χ2v) is 3.26. The first-order chi connectivity index (χ1) is 5.27. The Morgan fingerprint density at radius 3 is 2.82 bits per heavy atom. The molecule has 0 radical (unpaired) electrons. The molecule has 0 fully saturated rings. The van der Waals surface area contributed by atoms with Gasteiger partial charge in [-0.3, -0.25) is 0 Å². The van der Waals surface area contributed by atoms with Crippen molar-refractivity contribution in [3.63, 3.8) is 0 Å². The van der Waals surface area contributed by atoms with Crippen LogP contribution < -0.4 is 0 Å². The average Bonchev–Trinajstić information content (AvgIpc) is 2.04. The molecule has 0 bridgehead atoms. The van der Waals surface area contributed by atoms with Crippen LogP contribution in [0, 0.1) is 11.3 Å². The van der Waals surface area contributed by atoms with Crippen molar-refractivity contribution in [1.82, 2.24) is 4.98 Å². The molecule has 0 spiro atoms. The summed E-state index contributed by atoms with van der Waals surface area (Å²) in [5, 5.41) is 9.28. The zero-order valence-electron chi connectivity index (χ0n) is 5.51. The molecule has 1 aromatic rings. The predicted molar refractivity (Wildman–Crippen MR) is 49.3 cm³/mol. The molecular weight excluding hydrogens is 272 g/mol. The lowest BCUT2D eigenvalue weighted by molar-refractivity contribution is 1.17. The lowest BCUT2D eigenvalue weighted by atomic mass is 10.2. The van der Waals surface area contributed by atoms with E-state index in [0.717, 1.165) is 5.56 Å². The van der Waals surface area contributed by atoms with Gasteiger partial charge >= 0.3 is 0 Å². The molecule has 0 aliphatic rings. The van der Waals surface area contributed by atoms with E-state index in [-0.39, 0.29) is 0 Å². The van der Waals surface area contributed by atoms with E-state index in [1.54, 1.807) is 0 Å². The lowest BCUT2D eigenvalue weighted by Crippen LogP contribution is -1.89. The zero-order chi connectivity index (χ0) is 8.27. The third-order valence-electron chi connectivity index (χ3n) is 1.19. The second kappa shape index (κ2) is 3.84. The Balaban J connectivity index is 3.19. The van der Waals surface area contributed by atoms with Gasteiger partial charge in [0.25, 0.3) is 0 Å². The first kappa shape index (κ1) is 8.69. The van der Waals surface area contributed by atoms with Gasteiger partial charge in [-0.15, -0.1) is 0 Å². The van der Waals surface area contributed by atoms with Gasteiger partial charge in [0.05, 0.1) is 0 Å². The number of rotatable bonds is 1. The quantitative estimate of drug-likeness (QED) is 0.584. The highest BCUT2D eigenvalue weighted by Crippen LogP contribution is 2.13. The summed E-state index contributed by atoms with van der Waals surface area (Å²) in [4.78, 5) is 3.99. The smallest absolute Gasteiger partial charge is 0.145 e. The van der Waals surface area contributed by atoms with E-state index in [1.807, 2.05) is 18.2 Å². The molecule has 0 unspecified atom stereocenters. The summed E-state index contributed by atoms with van der Waals surface area (Å²) in [6, 6.07) is 5.70. The Hall–Kier alpha value is -0.400. The maximum atomic E-state index is 8.62. The van der Waals surface area contributed by atoms with Gasteiger partial charge in [-0.05, 0) is 27.6 Å². The van der Waals surface area contributed by atoms with Crippen molar-refractivity contribution in [2.45, 2.75) is 5.33 Å². The fraction of sp³-hybridized carbons (Fsp3) is 0.143. The van der Waals surface area contributed by atoms with Gasteiger partial charge in [0, 0.05) is 5.33 Å². The average molecular weight is 276 g/mol. The first-order valence-electron chi connectivity index (χ1n) is 2.89. The molecule has 0 aromatic carbocycles. The second-order valence-electron chi connectivity index (χ2n) is 1.89. The van der Waals surface area contributed by atoms with Gasteiger partial charge in [0.1, 0.15) is 16.4 Å². The SMILES string of the molecule is N#Cc1nc(Br)ccc1CBr. The van der Waals surface area contributed by atoms with Gasteiger partial charge in [-0.2, -0.15) is 5.26 Å². The van der Waals surface area contributed by atoms with Crippen molar-refractivity contribution >= 4 is 31.9 Å². The van der Waals surface area contributed by atoms with Gasteiger partial charge < -0.3 is 0 Å². The van der Waals surface area contributed by atoms with Crippen LogP contribution in [-0.4, -0.2) is 4.98 Å². The van der Waals surface area contributed by atoms with Crippen LogP contribution in [-0.2, 0) is 5.33 Å². The van der Waals surface area contributed by atoms with E-state index in [9.17, 15) is 0 Å². The lowest BCUT2D eigenvalue weighted by Gasteiger charge is -1.97.